The smallest absolute Gasteiger partial charge is 0.382 e. The number of halogens is 13. The highest BCUT2D eigenvalue weighted by atomic mass is 19.4. The van der Waals surface area contributed by atoms with Crippen LogP contribution in [0.1, 0.15) is 12.8 Å². The van der Waals surface area contributed by atoms with E-state index in [0.717, 1.165) is 0 Å². The molecule has 0 aromatic heterocycles. The van der Waals surface area contributed by atoms with Crippen molar-refractivity contribution in [2.24, 2.45) is 0 Å². The van der Waals surface area contributed by atoms with E-state index >= 15 is 0 Å². The summed E-state index contributed by atoms with van der Waals surface area (Å²) in [7, 11) is 1.45. The fourth-order valence-electron chi connectivity index (χ4n) is 2.04. The van der Waals surface area contributed by atoms with Gasteiger partial charge in [0.25, 0.3) is 0 Å². The lowest BCUT2D eigenvalue weighted by Gasteiger charge is -2.39. The standard InChI is InChI=1S/C16H21F13O4/c1-30-5-6-32-9-10-33-8-7-31-4-2-3-11(17,18)12(19,20)13(21,22)14(23,24)15(25,26)16(27,28)29/h2-10H2,1H3. The van der Waals surface area contributed by atoms with Gasteiger partial charge in [0.2, 0.25) is 0 Å². The molecule has 0 atom stereocenters. The second-order valence-electron chi connectivity index (χ2n) is 6.43. The average Bonchev–Trinajstić information content (AvgIpc) is 2.67. The van der Waals surface area contributed by atoms with Gasteiger partial charge in [-0.15, -0.1) is 0 Å². The van der Waals surface area contributed by atoms with Crippen molar-refractivity contribution in [2.45, 2.75) is 48.6 Å². The Hall–Kier alpha value is -1.07. The van der Waals surface area contributed by atoms with Gasteiger partial charge in [0, 0.05) is 20.1 Å². The maximum absolute atomic E-state index is 13.5. The third kappa shape index (κ3) is 7.45. The molecule has 0 unspecified atom stereocenters. The summed E-state index contributed by atoms with van der Waals surface area (Å²) in [6, 6.07) is 0. The first-order chi connectivity index (χ1) is 14.8. The van der Waals surface area contributed by atoms with Crippen molar-refractivity contribution in [3.05, 3.63) is 0 Å². The molecule has 200 valence electrons. The first-order valence-corrected chi connectivity index (χ1v) is 8.99. The van der Waals surface area contributed by atoms with Crippen molar-refractivity contribution in [1.82, 2.24) is 0 Å². The zero-order valence-electron chi connectivity index (χ0n) is 16.9. The Labute approximate surface area is 179 Å². The fraction of sp³-hybridized carbons (Fsp3) is 1.00. The minimum absolute atomic E-state index is 0.0865. The number of hydrogen-bond donors (Lipinski definition) is 0. The SMILES string of the molecule is COCCOCCOCCOCCCC(F)(F)C(F)(F)C(F)(F)C(F)(F)C(F)(F)C(F)(F)F. The molecular weight excluding hydrogens is 503 g/mol. The Morgan fingerprint density at radius 1 is 0.455 bits per heavy atom. The minimum Gasteiger partial charge on any atom is -0.382 e. The van der Waals surface area contributed by atoms with Crippen molar-refractivity contribution in [3.8, 4) is 0 Å². The highest BCUT2D eigenvalue weighted by molar-refractivity contribution is 5.10. The van der Waals surface area contributed by atoms with Gasteiger partial charge in [-0.1, -0.05) is 0 Å². The van der Waals surface area contributed by atoms with E-state index in [1.54, 1.807) is 0 Å². The van der Waals surface area contributed by atoms with Crippen molar-refractivity contribution in [3.63, 3.8) is 0 Å². The van der Waals surface area contributed by atoms with Crippen LogP contribution >= 0.6 is 0 Å². The highest BCUT2D eigenvalue weighted by Gasteiger charge is 2.90. The Morgan fingerprint density at radius 2 is 0.818 bits per heavy atom. The molecule has 33 heavy (non-hydrogen) atoms. The molecule has 0 bridgehead atoms. The van der Waals surface area contributed by atoms with E-state index in [4.69, 9.17) is 9.47 Å². The average molecular weight is 524 g/mol. The summed E-state index contributed by atoms with van der Waals surface area (Å²) in [5.74, 6) is -36.7. The molecule has 0 aromatic carbocycles. The fourth-order valence-corrected chi connectivity index (χ4v) is 2.04. The minimum atomic E-state index is -7.88. The van der Waals surface area contributed by atoms with Crippen LogP contribution < -0.4 is 0 Å². The van der Waals surface area contributed by atoms with Crippen molar-refractivity contribution >= 4 is 0 Å². The quantitative estimate of drug-likeness (QED) is 0.194. The van der Waals surface area contributed by atoms with Gasteiger partial charge in [-0.25, -0.2) is 0 Å². The molecule has 0 aliphatic heterocycles. The zero-order chi connectivity index (χ0) is 26.2. The van der Waals surface area contributed by atoms with Crippen molar-refractivity contribution < 1.29 is 76.0 Å². The number of hydrogen-bond acceptors (Lipinski definition) is 4. The first-order valence-electron chi connectivity index (χ1n) is 8.99. The van der Waals surface area contributed by atoms with Gasteiger partial charge in [-0.2, -0.15) is 57.1 Å². The molecule has 0 spiro atoms. The maximum atomic E-state index is 13.5. The Kier molecular flexibility index (Phi) is 11.7. The Balaban J connectivity index is 4.73. The van der Waals surface area contributed by atoms with Gasteiger partial charge >= 0.3 is 35.8 Å². The van der Waals surface area contributed by atoms with E-state index in [9.17, 15) is 57.1 Å². The van der Waals surface area contributed by atoms with Gasteiger partial charge in [-0.05, 0) is 6.42 Å². The first kappa shape index (κ1) is 31.9. The predicted octanol–water partition coefficient (Wildman–Crippen LogP) is 5.20. The van der Waals surface area contributed by atoms with Crippen LogP contribution in [0.3, 0.4) is 0 Å². The van der Waals surface area contributed by atoms with Crippen molar-refractivity contribution in [2.75, 3.05) is 53.4 Å². The van der Waals surface area contributed by atoms with Crippen LogP contribution in [0.4, 0.5) is 57.1 Å². The highest BCUT2D eigenvalue weighted by Crippen LogP contribution is 2.60. The van der Waals surface area contributed by atoms with Crippen LogP contribution in [0, 0.1) is 0 Å². The monoisotopic (exact) mass is 524 g/mol. The van der Waals surface area contributed by atoms with E-state index in [1.807, 2.05) is 0 Å². The normalized spacial score (nSPS) is 14.7. The molecule has 0 aliphatic carbocycles. The third-order valence-corrected chi connectivity index (χ3v) is 3.95. The van der Waals surface area contributed by atoms with E-state index in [1.165, 1.54) is 7.11 Å². The summed E-state index contributed by atoms with van der Waals surface area (Å²) in [6.07, 6.45) is -10.9. The van der Waals surface area contributed by atoms with E-state index in [0.29, 0.717) is 6.61 Å². The Morgan fingerprint density at radius 3 is 1.21 bits per heavy atom. The molecule has 0 aromatic rings. The molecule has 0 aliphatic rings. The number of alkyl halides is 13. The molecule has 0 radical (unpaired) electrons. The predicted molar refractivity (Wildman–Crippen MR) is 84.4 cm³/mol. The van der Waals surface area contributed by atoms with Gasteiger partial charge in [0.15, 0.2) is 0 Å². The molecule has 0 saturated heterocycles. The van der Waals surface area contributed by atoms with Crippen LogP contribution in [-0.2, 0) is 18.9 Å². The van der Waals surface area contributed by atoms with Crippen LogP contribution in [0.5, 0.6) is 0 Å². The summed E-state index contributed by atoms with van der Waals surface area (Å²) in [5, 5.41) is 0. The number of ether oxygens (including phenoxy) is 4. The lowest BCUT2D eigenvalue weighted by atomic mass is 9.92. The van der Waals surface area contributed by atoms with E-state index < -0.39 is 55.2 Å². The number of rotatable bonds is 17. The lowest BCUT2D eigenvalue weighted by molar-refractivity contribution is -0.440. The van der Waals surface area contributed by atoms with Gasteiger partial charge < -0.3 is 18.9 Å². The molecule has 0 amide bonds. The summed E-state index contributed by atoms with van der Waals surface area (Å²) < 4.78 is 187. The van der Waals surface area contributed by atoms with Gasteiger partial charge in [-0.3, -0.25) is 0 Å². The second-order valence-corrected chi connectivity index (χ2v) is 6.43. The Bertz CT molecular complexity index is 567. The number of methoxy groups -OCH3 is 1. The molecule has 4 nitrogen and oxygen atoms in total. The molecular formula is C16H21F13O4. The van der Waals surface area contributed by atoms with Crippen LogP contribution in [0.2, 0.25) is 0 Å². The topological polar surface area (TPSA) is 36.9 Å². The van der Waals surface area contributed by atoms with Crippen LogP contribution in [0.15, 0.2) is 0 Å². The summed E-state index contributed by atoms with van der Waals surface area (Å²) in [4.78, 5) is 0. The van der Waals surface area contributed by atoms with Crippen LogP contribution in [0.25, 0.3) is 0 Å². The molecule has 0 rings (SSSR count). The molecule has 0 N–H and O–H groups in total. The largest absolute Gasteiger partial charge is 0.460 e. The maximum Gasteiger partial charge on any atom is 0.460 e. The molecule has 0 saturated carbocycles. The molecule has 0 fully saturated rings. The molecule has 0 heterocycles. The zero-order valence-corrected chi connectivity index (χ0v) is 16.9. The van der Waals surface area contributed by atoms with Gasteiger partial charge in [0.1, 0.15) is 0 Å². The third-order valence-electron chi connectivity index (χ3n) is 3.95. The van der Waals surface area contributed by atoms with E-state index in [-0.39, 0.29) is 33.0 Å². The summed E-state index contributed by atoms with van der Waals surface area (Å²) in [5.41, 5.74) is 0. The second kappa shape index (κ2) is 12.1. The summed E-state index contributed by atoms with van der Waals surface area (Å²) >= 11 is 0. The lowest BCUT2D eigenvalue weighted by Crippen LogP contribution is -2.70. The van der Waals surface area contributed by atoms with Gasteiger partial charge in [0.05, 0.1) is 39.6 Å². The van der Waals surface area contributed by atoms with E-state index in [2.05, 4.69) is 9.47 Å². The van der Waals surface area contributed by atoms with Crippen LogP contribution in [-0.4, -0.2) is 89.1 Å². The summed E-state index contributed by atoms with van der Waals surface area (Å²) in [6.45, 7) is -0.335. The van der Waals surface area contributed by atoms with Crippen molar-refractivity contribution in [1.29, 1.82) is 0 Å². The molecule has 17 heteroatoms.